The van der Waals surface area contributed by atoms with Gasteiger partial charge in [0, 0.05) is 19.5 Å². The van der Waals surface area contributed by atoms with Gasteiger partial charge < -0.3 is 19.5 Å². The number of piperidine rings is 1. The molecule has 1 saturated heterocycles. The number of amides is 1. The van der Waals surface area contributed by atoms with Crippen molar-refractivity contribution >= 4 is 11.6 Å². The Morgan fingerprint density at radius 3 is 2.60 bits per heavy atom. The molecule has 6 heteroatoms. The van der Waals surface area contributed by atoms with Gasteiger partial charge in [-0.2, -0.15) is 0 Å². The first-order valence-corrected chi connectivity index (χ1v) is 12.4. The standard InChI is InChI=1S/C29H30N2O4/c32-29-16-23-10-12-31(17-20-6-8-27-28(14-20)35-19-34-27)18-24(23)11-13-33-26-9-7-22(15-25(26)30-29)21-4-2-1-3-5-21/h1-9,14-15,23-24H,10-13,16-19H2,(H,30,32)/t23-,24-/m0/s1. The second-order valence-electron chi connectivity index (χ2n) is 9.70. The number of hydrogen-bond donors (Lipinski definition) is 1. The van der Waals surface area contributed by atoms with E-state index in [1.165, 1.54) is 5.56 Å². The van der Waals surface area contributed by atoms with Gasteiger partial charge in [-0.25, -0.2) is 0 Å². The van der Waals surface area contributed by atoms with Crippen molar-refractivity contribution < 1.29 is 19.0 Å². The fourth-order valence-corrected chi connectivity index (χ4v) is 5.52. The molecule has 3 aliphatic heterocycles. The van der Waals surface area contributed by atoms with E-state index >= 15 is 0 Å². The van der Waals surface area contributed by atoms with Crippen molar-refractivity contribution in [3.05, 3.63) is 72.3 Å². The zero-order valence-electron chi connectivity index (χ0n) is 19.7. The third kappa shape index (κ3) is 4.84. The Hall–Kier alpha value is -3.51. The van der Waals surface area contributed by atoms with Crippen LogP contribution in [0.3, 0.4) is 0 Å². The van der Waals surface area contributed by atoms with Crippen LogP contribution < -0.4 is 19.5 Å². The number of nitrogens with one attached hydrogen (secondary N) is 1. The molecule has 6 rings (SSSR count). The Labute approximate surface area is 205 Å². The summed E-state index contributed by atoms with van der Waals surface area (Å²) in [6, 6.07) is 22.5. The van der Waals surface area contributed by atoms with Crippen LogP contribution in [0.5, 0.6) is 17.2 Å². The van der Waals surface area contributed by atoms with E-state index in [1.807, 2.05) is 36.4 Å². The minimum Gasteiger partial charge on any atom is -0.491 e. The van der Waals surface area contributed by atoms with Gasteiger partial charge in [-0.05, 0) is 72.2 Å². The summed E-state index contributed by atoms with van der Waals surface area (Å²) in [6.45, 7) is 3.77. The van der Waals surface area contributed by atoms with E-state index in [4.69, 9.17) is 14.2 Å². The summed E-state index contributed by atoms with van der Waals surface area (Å²) in [7, 11) is 0. The van der Waals surface area contributed by atoms with Gasteiger partial charge in [0.1, 0.15) is 5.75 Å². The lowest BCUT2D eigenvalue weighted by molar-refractivity contribution is -0.118. The molecule has 6 nitrogen and oxygen atoms in total. The molecule has 0 unspecified atom stereocenters. The van der Waals surface area contributed by atoms with E-state index in [0.717, 1.165) is 66.5 Å². The van der Waals surface area contributed by atoms with E-state index in [9.17, 15) is 4.79 Å². The van der Waals surface area contributed by atoms with Gasteiger partial charge in [-0.15, -0.1) is 0 Å². The molecule has 3 heterocycles. The molecule has 1 amide bonds. The number of likely N-dealkylation sites (tertiary alicyclic amines) is 1. The van der Waals surface area contributed by atoms with Crippen LogP contribution in [0.15, 0.2) is 66.7 Å². The highest BCUT2D eigenvalue weighted by Crippen LogP contribution is 2.36. The number of rotatable bonds is 3. The topological polar surface area (TPSA) is 60.0 Å². The van der Waals surface area contributed by atoms with Crippen LogP contribution in [-0.2, 0) is 11.3 Å². The lowest BCUT2D eigenvalue weighted by atomic mass is 9.81. The molecule has 3 aromatic carbocycles. The van der Waals surface area contributed by atoms with Crippen molar-refractivity contribution in [2.24, 2.45) is 11.8 Å². The van der Waals surface area contributed by atoms with E-state index in [2.05, 4.69) is 40.5 Å². The molecule has 1 fully saturated rings. The maximum atomic E-state index is 13.0. The molecule has 0 aliphatic carbocycles. The second kappa shape index (κ2) is 9.62. The molecule has 2 atom stereocenters. The second-order valence-corrected chi connectivity index (χ2v) is 9.70. The molecule has 3 aliphatic rings. The summed E-state index contributed by atoms with van der Waals surface area (Å²) in [4.78, 5) is 15.5. The molecular weight excluding hydrogens is 440 g/mol. The maximum Gasteiger partial charge on any atom is 0.231 e. The number of nitrogens with zero attached hydrogens (tertiary/aromatic N) is 1. The van der Waals surface area contributed by atoms with Crippen LogP contribution >= 0.6 is 0 Å². The first-order chi connectivity index (χ1) is 17.2. The third-order valence-corrected chi connectivity index (χ3v) is 7.37. The van der Waals surface area contributed by atoms with Gasteiger partial charge in [-0.1, -0.05) is 42.5 Å². The van der Waals surface area contributed by atoms with Crippen molar-refractivity contribution in [2.75, 3.05) is 31.8 Å². The molecule has 0 radical (unpaired) electrons. The number of anilines is 1. The summed E-state index contributed by atoms with van der Waals surface area (Å²) in [5.41, 5.74) is 4.18. The number of carbonyl (C=O) groups excluding carboxylic acids is 1. The fourth-order valence-electron chi connectivity index (χ4n) is 5.52. The van der Waals surface area contributed by atoms with Gasteiger partial charge in [0.05, 0.1) is 12.3 Å². The molecule has 3 aromatic rings. The monoisotopic (exact) mass is 470 g/mol. The Balaban J connectivity index is 1.15. The van der Waals surface area contributed by atoms with Crippen LogP contribution in [0, 0.1) is 11.8 Å². The largest absolute Gasteiger partial charge is 0.491 e. The molecule has 180 valence electrons. The lowest BCUT2D eigenvalue weighted by Gasteiger charge is -2.39. The molecule has 1 N–H and O–H groups in total. The van der Waals surface area contributed by atoms with E-state index in [-0.39, 0.29) is 5.91 Å². The summed E-state index contributed by atoms with van der Waals surface area (Å²) in [6.07, 6.45) is 2.51. The molecular formula is C29H30N2O4. The fraction of sp³-hybridized carbons (Fsp3) is 0.345. The van der Waals surface area contributed by atoms with Gasteiger partial charge in [-0.3, -0.25) is 9.69 Å². The van der Waals surface area contributed by atoms with Crippen molar-refractivity contribution in [3.8, 4) is 28.4 Å². The minimum absolute atomic E-state index is 0.0705. The minimum atomic E-state index is 0.0705. The average Bonchev–Trinajstić information content (AvgIpc) is 3.35. The first kappa shape index (κ1) is 22.0. The van der Waals surface area contributed by atoms with Crippen molar-refractivity contribution in [1.82, 2.24) is 4.90 Å². The van der Waals surface area contributed by atoms with Gasteiger partial charge in [0.25, 0.3) is 0 Å². The predicted octanol–water partition coefficient (Wildman–Crippen LogP) is 5.33. The summed E-state index contributed by atoms with van der Waals surface area (Å²) in [5.74, 6) is 3.25. The summed E-state index contributed by atoms with van der Waals surface area (Å²) >= 11 is 0. The van der Waals surface area contributed by atoms with Crippen molar-refractivity contribution in [2.45, 2.75) is 25.8 Å². The number of fused-ring (bicyclic) bond motifs is 3. The highest BCUT2D eigenvalue weighted by atomic mass is 16.7. The molecule has 0 spiro atoms. The van der Waals surface area contributed by atoms with Crippen LogP contribution in [0.1, 0.15) is 24.8 Å². The Kier molecular flexibility index (Phi) is 6.05. The predicted molar refractivity (Wildman–Crippen MR) is 135 cm³/mol. The summed E-state index contributed by atoms with van der Waals surface area (Å²) in [5, 5.41) is 3.14. The molecule has 0 bridgehead atoms. The number of carbonyl (C=O) groups is 1. The van der Waals surface area contributed by atoms with E-state index in [1.54, 1.807) is 0 Å². The van der Waals surface area contributed by atoms with Crippen molar-refractivity contribution in [3.63, 3.8) is 0 Å². The van der Waals surface area contributed by atoms with Crippen LogP contribution in [0.2, 0.25) is 0 Å². The number of ether oxygens (including phenoxy) is 3. The average molecular weight is 471 g/mol. The maximum absolute atomic E-state index is 13.0. The molecule has 0 aromatic heterocycles. The van der Waals surface area contributed by atoms with Crippen LogP contribution in [0.4, 0.5) is 5.69 Å². The zero-order chi connectivity index (χ0) is 23.6. The summed E-state index contributed by atoms with van der Waals surface area (Å²) < 4.78 is 17.2. The Morgan fingerprint density at radius 2 is 1.69 bits per heavy atom. The SMILES string of the molecule is O=C1C[C@@H]2CCN(Cc3ccc4c(c3)OCO4)C[C@@H]2CCOc2ccc(-c3ccccc3)cc2N1. The highest BCUT2D eigenvalue weighted by Gasteiger charge is 2.32. The molecule has 0 saturated carbocycles. The van der Waals surface area contributed by atoms with Crippen LogP contribution in [0.25, 0.3) is 11.1 Å². The number of benzene rings is 3. The number of hydrogen-bond acceptors (Lipinski definition) is 5. The first-order valence-electron chi connectivity index (χ1n) is 12.4. The van der Waals surface area contributed by atoms with E-state index < -0.39 is 0 Å². The normalized spacial score (nSPS) is 21.9. The van der Waals surface area contributed by atoms with Gasteiger partial charge in [0.15, 0.2) is 11.5 Å². The quantitative estimate of drug-likeness (QED) is 0.561. The smallest absolute Gasteiger partial charge is 0.231 e. The van der Waals surface area contributed by atoms with E-state index in [0.29, 0.717) is 31.7 Å². The molecule has 35 heavy (non-hydrogen) atoms. The zero-order valence-corrected chi connectivity index (χ0v) is 19.7. The Bertz CT molecular complexity index is 1210. The Morgan fingerprint density at radius 1 is 0.829 bits per heavy atom. The highest BCUT2D eigenvalue weighted by molar-refractivity contribution is 5.93. The third-order valence-electron chi connectivity index (χ3n) is 7.37. The lowest BCUT2D eigenvalue weighted by Crippen LogP contribution is -2.42. The van der Waals surface area contributed by atoms with Gasteiger partial charge >= 0.3 is 0 Å². The van der Waals surface area contributed by atoms with Crippen molar-refractivity contribution in [1.29, 1.82) is 0 Å². The van der Waals surface area contributed by atoms with Gasteiger partial charge in [0.2, 0.25) is 12.7 Å². The van der Waals surface area contributed by atoms with Crippen LogP contribution in [-0.4, -0.2) is 37.3 Å².